The maximum absolute atomic E-state index is 13.5. The van der Waals surface area contributed by atoms with Crippen LogP contribution in [0.3, 0.4) is 0 Å². The van der Waals surface area contributed by atoms with E-state index in [0.29, 0.717) is 19.0 Å². The number of rotatable bonds is 3. The van der Waals surface area contributed by atoms with Gasteiger partial charge in [-0.1, -0.05) is 53.9 Å². The minimum Gasteiger partial charge on any atom is -0.505 e. The summed E-state index contributed by atoms with van der Waals surface area (Å²) in [6, 6.07) is 18.9. The molecule has 6 nitrogen and oxygen atoms in total. The maximum Gasteiger partial charge on any atom is 0.255 e. The Morgan fingerprint density at radius 1 is 0.683 bits per heavy atom. The number of nitriles is 4. The highest BCUT2D eigenvalue weighted by Gasteiger charge is 2.12. The molecule has 0 radical (unpaired) electrons. The summed E-state index contributed by atoms with van der Waals surface area (Å²) in [5, 5.41) is 42.9. The number of carbonyl (C=O) groups excluding carboxylic acids is 1. The Bertz CT molecular complexity index is 1590. The fraction of sp³-hybridized carbons (Fsp3) is 0.0357. The average molecular weight is 770 g/mol. The van der Waals surface area contributed by atoms with Gasteiger partial charge in [0.2, 0.25) is 0 Å². The van der Waals surface area contributed by atoms with Crippen molar-refractivity contribution in [2.24, 2.45) is 0 Å². The van der Waals surface area contributed by atoms with Crippen molar-refractivity contribution in [2.45, 2.75) is 6.92 Å². The topological polar surface area (TPSA) is 132 Å². The lowest BCUT2D eigenvalue weighted by molar-refractivity contribution is 0.107. The molecule has 3 aromatic carbocycles. The van der Waals surface area contributed by atoms with Gasteiger partial charge >= 0.3 is 0 Å². The zero-order valence-corrected chi connectivity index (χ0v) is 26.0. The summed E-state index contributed by atoms with van der Waals surface area (Å²) >= 11 is 14.3. The van der Waals surface area contributed by atoms with Gasteiger partial charge in [-0.2, -0.15) is 21.0 Å². The third-order valence-corrected chi connectivity index (χ3v) is 6.41. The van der Waals surface area contributed by atoms with Crippen LogP contribution in [0.25, 0.3) is 11.3 Å². The molecule has 3 rings (SSSR count). The molecule has 0 atom stereocenters. The van der Waals surface area contributed by atoms with Gasteiger partial charge in [0, 0.05) is 19.0 Å². The predicted octanol–water partition coefficient (Wildman–Crippen LogP) is 9.28. The summed E-state index contributed by atoms with van der Waals surface area (Å²) in [5.41, 5.74) is -0.236. The van der Waals surface area contributed by atoms with Gasteiger partial charge in [-0.25, -0.2) is 13.2 Å². The highest BCUT2D eigenvalue weighted by atomic mass is 79.9. The molecule has 206 valence electrons. The van der Waals surface area contributed by atoms with Crippen molar-refractivity contribution in [1.82, 2.24) is 0 Å². The van der Waals surface area contributed by atoms with E-state index in [9.17, 15) is 23.1 Å². The molecular weight excluding hydrogens is 756 g/mol. The lowest BCUT2D eigenvalue weighted by Crippen LogP contribution is -1.92. The second kappa shape index (κ2) is 17.0. The summed E-state index contributed by atoms with van der Waals surface area (Å²) < 4.78 is 41.2. The van der Waals surface area contributed by atoms with E-state index in [0.717, 1.165) is 6.07 Å². The van der Waals surface area contributed by atoms with Gasteiger partial charge in [0.05, 0.1) is 11.1 Å². The summed E-state index contributed by atoms with van der Waals surface area (Å²) in [4.78, 5) is 10.5. The number of hydrogen-bond acceptors (Lipinski definition) is 6. The quantitative estimate of drug-likeness (QED) is 0.161. The van der Waals surface area contributed by atoms with E-state index >= 15 is 0 Å². The first kappa shape index (κ1) is 35.1. The second-order valence-corrected chi connectivity index (χ2v) is 10.4. The minimum absolute atomic E-state index is 0.0729. The highest BCUT2D eigenvalue weighted by Crippen LogP contribution is 2.24. The van der Waals surface area contributed by atoms with Crippen molar-refractivity contribution >= 4 is 76.0 Å². The molecule has 0 amide bonds. The number of hydrogen-bond donors (Lipinski definition) is 1. The molecule has 1 N–H and O–H groups in total. The van der Waals surface area contributed by atoms with Gasteiger partial charge in [0.15, 0.2) is 11.3 Å². The van der Waals surface area contributed by atoms with Gasteiger partial charge in [0.1, 0.15) is 47.3 Å². The predicted molar refractivity (Wildman–Crippen MR) is 157 cm³/mol. The Morgan fingerprint density at radius 2 is 1.02 bits per heavy atom. The van der Waals surface area contributed by atoms with Crippen LogP contribution in [-0.2, 0) is 0 Å². The molecule has 0 aliphatic heterocycles. The van der Waals surface area contributed by atoms with E-state index in [1.165, 1.54) is 48.5 Å². The van der Waals surface area contributed by atoms with Crippen LogP contribution >= 0.6 is 59.4 Å². The van der Waals surface area contributed by atoms with Gasteiger partial charge in [-0.3, -0.25) is 4.79 Å². The van der Waals surface area contributed by atoms with Gasteiger partial charge < -0.3 is 5.11 Å². The molecule has 0 heterocycles. The maximum atomic E-state index is 13.5. The van der Waals surface area contributed by atoms with Crippen LogP contribution in [0.5, 0.6) is 0 Å². The largest absolute Gasteiger partial charge is 0.505 e. The number of halogens is 7. The van der Waals surface area contributed by atoms with Gasteiger partial charge in [-0.15, -0.1) is 0 Å². The number of nitrogens with zero attached hydrogens (tertiary/aromatic N) is 4. The Hall–Kier alpha value is -3.91. The van der Waals surface area contributed by atoms with E-state index in [1.54, 1.807) is 31.2 Å². The summed E-state index contributed by atoms with van der Waals surface area (Å²) in [6.45, 7) is 1.55. The molecule has 0 saturated carbocycles. The normalized spacial score (nSPS) is 9.07. The zero-order valence-electron chi connectivity index (χ0n) is 20.5. The fourth-order valence-electron chi connectivity index (χ4n) is 2.72. The number of aliphatic hydroxyl groups is 1. The summed E-state index contributed by atoms with van der Waals surface area (Å²) in [5.74, 6) is -2.42. The van der Waals surface area contributed by atoms with Crippen molar-refractivity contribution in [1.29, 1.82) is 21.0 Å². The van der Waals surface area contributed by atoms with Crippen molar-refractivity contribution in [3.05, 3.63) is 113 Å². The van der Waals surface area contributed by atoms with E-state index in [2.05, 4.69) is 47.8 Å². The van der Waals surface area contributed by atoms with Crippen molar-refractivity contribution in [3.8, 4) is 24.3 Å². The summed E-state index contributed by atoms with van der Waals surface area (Å²) in [6.07, 6.45) is 0. The molecule has 0 aromatic heterocycles. The smallest absolute Gasteiger partial charge is 0.255 e. The molecule has 0 fully saturated rings. The van der Waals surface area contributed by atoms with Crippen LogP contribution in [0.1, 0.15) is 28.4 Å². The minimum atomic E-state index is -0.782. The van der Waals surface area contributed by atoms with Crippen LogP contribution in [0, 0.1) is 62.8 Å². The Morgan fingerprint density at radius 3 is 1.34 bits per heavy atom. The molecule has 13 heteroatoms. The highest BCUT2D eigenvalue weighted by molar-refractivity contribution is 9.11. The zero-order chi connectivity index (χ0) is 31.3. The molecule has 41 heavy (non-hydrogen) atoms. The summed E-state index contributed by atoms with van der Waals surface area (Å²) in [7, 11) is 0. The third kappa shape index (κ3) is 10.5. The molecule has 0 bridgehead atoms. The molecule has 0 aliphatic rings. The van der Waals surface area contributed by atoms with E-state index in [-0.39, 0.29) is 22.3 Å². The Labute approximate surface area is 263 Å². The lowest BCUT2D eigenvalue weighted by Gasteiger charge is -2.03. The van der Waals surface area contributed by atoms with Crippen molar-refractivity contribution < 1.29 is 23.1 Å². The second-order valence-electron chi connectivity index (χ2n) is 7.32. The Kier molecular flexibility index (Phi) is 14.6. The van der Waals surface area contributed by atoms with Crippen molar-refractivity contribution in [3.63, 3.8) is 0 Å². The number of aliphatic hydroxyl groups excluding tert-OH is 1. The third-order valence-electron chi connectivity index (χ3n) is 4.72. The van der Waals surface area contributed by atoms with Crippen LogP contribution in [0.15, 0.2) is 79.2 Å². The fourth-order valence-corrected chi connectivity index (χ4v) is 3.87. The van der Waals surface area contributed by atoms with E-state index in [1.807, 2.05) is 0 Å². The van der Waals surface area contributed by atoms with Crippen LogP contribution < -0.4 is 0 Å². The van der Waals surface area contributed by atoms with Gasteiger partial charge in [0.25, 0.3) is 5.24 Å². The molecule has 0 aliphatic carbocycles. The van der Waals surface area contributed by atoms with E-state index < -0.39 is 34.0 Å². The van der Waals surface area contributed by atoms with E-state index in [4.69, 9.17) is 32.6 Å². The SMILES string of the molecule is CC(=C(C#N)C#N)c1ccc(Br)cc1F.N#CC(C#N)=C(O)c1ccc(Br)cc1F.O=C(Cl)c1ccc(Br)cc1F. The first-order chi connectivity index (χ1) is 19.3. The van der Waals surface area contributed by atoms with Crippen molar-refractivity contribution in [2.75, 3.05) is 0 Å². The number of carbonyl (C=O) groups is 1. The van der Waals surface area contributed by atoms with Crippen LogP contribution in [0.2, 0.25) is 0 Å². The molecule has 0 saturated heterocycles. The van der Waals surface area contributed by atoms with Gasteiger partial charge in [-0.05, 0) is 72.6 Å². The molecular formula is C28H13Br3ClF3N4O2. The standard InChI is InChI=1S/C11H6BrFN2.C10H4BrFN2O.C7H3BrClFO/c1-7(8(5-14)6-15)10-3-2-9(12)4-11(10)13;11-7-1-2-8(9(12)3-7)10(15)6(4-13)5-14;8-4-1-2-5(7(9)11)6(10)3-4/h2-4H,1H3;1-3,15H;1-3H. The molecule has 0 unspecified atom stereocenters. The number of benzene rings is 3. The van der Waals surface area contributed by atoms with Crippen LogP contribution in [-0.4, -0.2) is 10.3 Å². The average Bonchev–Trinajstić information content (AvgIpc) is 2.90. The Balaban J connectivity index is 0.000000312. The monoisotopic (exact) mass is 766 g/mol. The molecule has 0 spiro atoms. The number of allylic oxidation sites excluding steroid dienone is 3. The first-order valence-corrected chi connectivity index (χ1v) is 13.4. The lowest BCUT2D eigenvalue weighted by atomic mass is 10.0. The van der Waals surface area contributed by atoms with Crippen LogP contribution in [0.4, 0.5) is 13.2 Å². The molecule has 3 aromatic rings. The first-order valence-electron chi connectivity index (χ1n) is 10.6.